The summed E-state index contributed by atoms with van der Waals surface area (Å²) in [6.45, 7) is 6.54. The number of rotatable bonds is 5. The van der Waals surface area contributed by atoms with Gasteiger partial charge in [0.05, 0.1) is 13.2 Å². The molecule has 30 heavy (non-hydrogen) atoms. The van der Waals surface area contributed by atoms with E-state index in [9.17, 15) is 18.0 Å². The monoisotopic (exact) mass is 542 g/mol. The molecule has 1 N–H and O–H groups in total. The first-order chi connectivity index (χ1) is 13.6. The second-order valence-corrected chi connectivity index (χ2v) is 7.20. The molecule has 0 aromatic heterocycles. The number of alkyl halides is 3. The molecule has 0 aliphatic carbocycles. The molecule has 2 rings (SSSR count). The second-order valence-electron chi connectivity index (χ2n) is 7.20. The van der Waals surface area contributed by atoms with Crippen LogP contribution in [0.15, 0.2) is 23.2 Å². The second kappa shape index (κ2) is 11.7. The molecule has 1 unspecified atom stereocenters. The number of ether oxygens (including phenoxy) is 1. The van der Waals surface area contributed by atoms with Gasteiger partial charge in [-0.2, -0.15) is 13.2 Å². The average Bonchev–Trinajstić information content (AvgIpc) is 2.63. The summed E-state index contributed by atoms with van der Waals surface area (Å²) in [6.07, 6.45) is -4.57. The molecule has 0 radical (unpaired) electrons. The number of carbonyl (C=O) groups is 1. The molecule has 1 amide bonds. The lowest BCUT2D eigenvalue weighted by Gasteiger charge is -2.36. The molecule has 6 nitrogen and oxygen atoms in total. The first kappa shape index (κ1) is 26.5. The minimum Gasteiger partial charge on any atom is -0.370 e. The van der Waals surface area contributed by atoms with Gasteiger partial charge < -0.3 is 19.9 Å². The van der Waals surface area contributed by atoms with Crippen LogP contribution < -0.4 is 5.32 Å². The molecular formula is C20H30F3IN4O2. The van der Waals surface area contributed by atoms with E-state index in [2.05, 4.69) is 22.4 Å². The van der Waals surface area contributed by atoms with Crippen LogP contribution in [0.1, 0.15) is 29.7 Å². The molecule has 1 fully saturated rings. The number of hydrogen-bond donors (Lipinski definition) is 1. The summed E-state index contributed by atoms with van der Waals surface area (Å²) >= 11 is 0. The quantitative estimate of drug-likeness (QED) is 0.353. The molecule has 0 bridgehead atoms. The number of hydrogen-bond acceptors (Lipinski definition) is 3. The number of aliphatic imine (C=N–C) groups is 1. The zero-order chi connectivity index (χ0) is 21.6. The number of morpholine rings is 1. The fourth-order valence-electron chi connectivity index (χ4n) is 3.26. The summed E-state index contributed by atoms with van der Waals surface area (Å²) < 4.78 is 43.4. The van der Waals surface area contributed by atoms with Gasteiger partial charge in [-0.15, -0.1) is 24.0 Å². The summed E-state index contributed by atoms with van der Waals surface area (Å²) in [5.41, 5.74) is 3.41. The summed E-state index contributed by atoms with van der Waals surface area (Å²) in [7, 11) is 1.13. The van der Waals surface area contributed by atoms with Crippen molar-refractivity contribution < 1.29 is 22.7 Å². The van der Waals surface area contributed by atoms with Crippen LogP contribution in [-0.2, 0) is 9.53 Å². The summed E-state index contributed by atoms with van der Waals surface area (Å²) in [4.78, 5) is 18.9. The molecule has 1 aliphatic rings. The van der Waals surface area contributed by atoms with Crippen molar-refractivity contribution in [3.05, 3.63) is 34.9 Å². The van der Waals surface area contributed by atoms with Gasteiger partial charge in [-0.1, -0.05) is 23.8 Å². The summed E-state index contributed by atoms with van der Waals surface area (Å²) in [6, 6.07) is 6.20. The number of halogens is 4. The Hall–Kier alpha value is -1.56. The van der Waals surface area contributed by atoms with Crippen molar-refractivity contribution in [3.8, 4) is 0 Å². The largest absolute Gasteiger partial charge is 0.406 e. The van der Waals surface area contributed by atoms with E-state index in [0.29, 0.717) is 37.1 Å². The first-order valence-electron chi connectivity index (χ1n) is 9.63. The van der Waals surface area contributed by atoms with Crippen LogP contribution in [0, 0.1) is 13.8 Å². The Balaban J connectivity index is 0.00000450. The molecule has 1 aromatic carbocycles. The van der Waals surface area contributed by atoms with E-state index in [0.717, 1.165) is 18.2 Å². The summed E-state index contributed by atoms with van der Waals surface area (Å²) in [5, 5.41) is 3.12. The Kier molecular flexibility index (Phi) is 10.4. The highest BCUT2D eigenvalue weighted by Gasteiger charge is 2.31. The van der Waals surface area contributed by atoms with Crippen LogP contribution in [0.4, 0.5) is 13.2 Å². The number of nitrogens with one attached hydrogen (secondary N) is 1. The molecule has 1 saturated heterocycles. The summed E-state index contributed by atoms with van der Waals surface area (Å²) in [5.74, 6) is -0.184. The van der Waals surface area contributed by atoms with Crippen molar-refractivity contribution in [2.75, 3.05) is 46.4 Å². The van der Waals surface area contributed by atoms with Crippen molar-refractivity contribution in [2.45, 2.75) is 33.1 Å². The van der Waals surface area contributed by atoms with Gasteiger partial charge in [0.25, 0.3) is 0 Å². The molecule has 170 valence electrons. The Morgan fingerprint density at radius 3 is 2.67 bits per heavy atom. The molecule has 1 aliphatic heterocycles. The fraction of sp³-hybridized carbons (Fsp3) is 0.600. The lowest BCUT2D eigenvalue weighted by Crippen LogP contribution is -2.48. The number of benzene rings is 1. The number of amides is 1. The van der Waals surface area contributed by atoms with Crippen molar-refractivity contribution in [3.63, 3.8) is 0 Å². The maximum Gasteiger partial charge on any atom is 0.406 e. The number of nitrogens with zero attached hydrogens (tertiary/aromatic N) is 3. The van der Waals surface area contributed by atoms with Gasteiger partial charge in [0.15, 0.2) is 5.96 Å². The maximum atomic E-state index is 12.5. The SMILES string of the molecule is CCNC(=NCC(=O)N(C)CC(F)(F)F)N1CCOC(c2ccc(C)cc2C)C1.I. The molecule has 10 heteroatoms. The number of aryl methyl sites for hydroxylation is 2. The molecule has 1 atom stereocenters. The smallest absolute Gasteiger partial charge is 0.370 e. The van der Waals surface area contributed by atoms with Crippen molar-refractivity contribution in [2.24, 2.45) is 4.99 Å². The van der Waals surface area contributed by atoms with Gasteiger partial charge in [-0.05, 0) is 31.9 Å². The number of carbonyl (C=O) groups excluding carboxylic acids is 1. The first-order valence-corrected chi connectivity index (χ1v) is 9.63. The van der Waals surface area contributed by atoms with Crippen molar-refractivity contribution in [1.82, 2.24) is 15.1 Å². The van der Waals surface area contributed by atoms with E-state index >= 15 is 0 Å². The van der Waals surface area contributed by atoms with E-state index in [1.54, 1.807) is 0 Å². The number of likely N-dealkylation sites (N-methyl/N-ethyl adjacent to an activating group) is 1. The van der Waals surface area contributed by atoms with E-state index < -0.39 is 18.6 Å². The average molecular weight is 542 g/mol. The molecule has 0 spiro atoms. The van der Waals surface area contributed by atoms with Crippen molar-refractivity contribution >= 4 is 35.8 Å². The van der Waals surface area contributed by atoms with Crippen LogP contribution in [0.25, 0.3) is 0 Å². The predicted octanol–water partition coefficient (Wildman–Crippen LogP) is 3.28. The highest BCUT2D eigenvalue weighted by molar-refractivity contribution is 14.0. The Morgan fingerprint density at radius 2 is 2.07 bits per heavy atom. The molecule has 1 aromatic rings. The Labute approximate surface area is 192 Å². The predicted molar refractivity (Wildman–Crippen MR) is 121 cm³/mol. The third kappa shape index (κ3) is 7.93. The van der Waals surface area contributed by atoms with E-state index in [1.165, 1.54) is 5.56 Å². The Bertz CT molecular complexity index is 743. The molecular weight excluding hydrogens is 512 g/mol. The van der Waals surface area contributed by atoms with Crippen LogP contribution in [0.3, 0.4) is 0 Å². The van der Waals surface area contributed by atoms with Crippen LogP contribution in [-0.4, -0.2) is 74.2 Å². The zero-order valence-electron chi connectivity index (χ0n) is 17.8. The molecule has 0 saturated carbocycles. The lowest BCUT2D eigenvalue weighted by molar-refractivity contribution is -0.157. The van der Waals surface area contributed by atoms with Crippen LogP contribution in [0.2, 0.25) is 0 Å². The van der Waals surface area contributed by atoms with E-state index in [1.807, 2.05) is 31.7 Å². The van der Waals surface area contributed by atoms with Gasteiger partial charge in [0.1, 0.15) is 19.2 Å². The zero-order valence-corrected chi connectivity index (χ0v) is 20.1. The van der Waals surface area contributed by atoms with Gasteiger partial charge >= 0.3 is 6.18 Å². The van der Waals surface area contributed by atoms with Crippen molar-refractivity contribution in [1.29, 1.82) is 0 Å². The molecule has 1 heterocycles. The normalized spacial score (nSPS) is 17.4. The fourth-order valence-corrected chi connectivity index (χ4v) is 3.26. The number of guanidine groups is 1. The third-order valence-electron chi connectivity index (χ3n) is 4.68. The lowest BCUT2D eigenvalue weighted by atomic mass is 10.00. The van der Waals surface area contributed by atoms with Crippen LogP contribution in [0.5, 0.6) is 0 Å². The highest BCUT2D eigenvalue weighted by atomic mass is 127. The topological polar surface area (TPSA) is 57.2 Å². The van der Waals surface area contributed by atoms with Gasteiger partial charge in [-0.3, -0.25) is 4.79 Å². The van der Waals surface area contributed by atoms with Crippen LogP contribution >= 0.6 is 24.0 Å². The Morgan fingerprint density at radius 1 is 1.37 bits per heavy atom. The van der Waals surface area contributed by atoms with Gasteiger partial charge in [0, 0.05) is 20.1 Å². The van der Waals surface area contributed by atoms with Gasteiger partial charge in [0.2, 0.25) is 5.91 Å². The minimum absolute atomic E-state index is 0. The van der Waals surface area contributed by atoms with E-state index in [-0.39, 0.29) is 36.6 Å². The maximum absolute atomic E-state index is 12.5. The minimum atomic E-state index is -4.43. The van der Waals surface area contributed by atoms with E-state index in [4.69, 9.17) is 4.74 Å². The highest BCUT2D eigenvalue weighted by Crippen LogP contribution is 2.26. The third-order valence-corrected chi connectivity index (χ3v) is 4.68. The standard InChI is InChI=1S/C20H29F3N4O2.HI/c1-5-24-19(25-11-18(28)26(4)13-20(21,22)23)27-8-9-29-17(12-27)16-7-6-14(2)10-15(16)3;/h6-7,10,17H,5,8-9,11-13H2,1-4H3,(H,24,25);1H. The van der Waals surface area contributed by atoms with Gasteiger partial charge in [-0.25, -0.2) is 4.99 Å².